The Morgan fingerprint density at radius 2 is 1.91 bits per heavy atom. The summed E-state index contributed by atoms with van der Waals surface area (Å²) in [7, 11) is 0. The van der Waals surface area contributed by atoms with E-state index in [9.17, 15) is 23.2 Å². The van der Waals surface area contributed by atoms with E-state index in [1.54, 1.807) is 24.3 Å². The second-order valence-corrected chi connectivity index (χ2v) is 6.88. The monoisotopic (exact) mass is 438 g/mol. The number of aromatic nitrogens is 1. The van der Waals surface area contributed by atoms with Crippen molar-refractivity contribution in [1.29, 1.82) is 0 Å². The lowest BCUT2D eigenvalue weighted by molar-refractivity contribution is 0.0758. The fourth-order valence-corrected chi connectivity index (χ4v) is 3.05. The lowest BCUT2D eigenvalue weighted by Gasteiger charge is -2.22. The normalized spacial score (nSPS) is 10.4. The fourth-order valence-electron chi connectivity index (χ4n) is 3.05. The van der Waals surface area contributed by atoms with Crippen molar-refractivity contribution in [2.45, 2.75) is 13.2 Å². The maximum absolute atomic E-state index is 14.1. The molecule has 0 bridgehead atoms. The summed E-state index contributed by atoms with van der Waals surface area (Å²) in [4.78, 5) is 41.2. The maximum Gasteiger partial charge on any atom is 0.260 e. The molecule has 0 aliphatic rings. The summed E-state index contributed by atoms with van der Waals surface area (Å²) < 4.78 is 32.8. The van der Waals surface area contributed by atoms with Gasteiger partial charge >= 0.3 is 0 Å². The predicted octanol–water partition coefficient (Wildman–Crippen LogP) is 3.87. The minimum Gasteiger partial charge on any atom is -0.483 e. The van der Waals surface area contributed by atoms with Crippen LogP contribution in [0.1, 0.15) is 32.0 Å². The molecule has 0 fully saturated rings. The Balaban J connectivity index is 1.91. The van der Waals surface area contributed by atoms with Crippen LogP contribution in [0.4, 0.5) is 8.78 Å². The summed E-state index contributed by atoms with van der Waals surface area (Å²) in [6, 6.07) is 12.0. The number of carbonyl (C=O) groups excluding carboxylic acids is 2. The third kappa shape index (κ3) is 5.15. The molecule has 1 heterocycles. The first-order valence-electron chi connectivity index (χ1n) is 9.66. The number of pyridine rings is 1. The molecule has 1 aromatic heterocycles. The van der Waals surface area contributed by atoms with Gasteiger partial charge in [-0.1, -0.05) is 42.5 Å². The van der Waals surface area contributed by atoms with Crippen molar-refractivity contribution >= 4 is 12.2 Å². The van der Waals surface area contributed by atoms with Gasteiger partial charge in [0, 0.05) is 30.9 Å². The molecule has 0 saturated heterocycles. The molecular weight excluding hydrogens is 418 g/mol. The zero-order chi connectivity index (χ0) is 23.1. The van der Waals surface area contributed by atoms with E-state index in [4.69, 9.17) is 4.74 Å². The molecule has 3 aromatic rings. The summed E-state index contributed by atoms with van der Waals surface area (Å²) in [6.45, 7) is 3.38. The van der Waals surface area contributed by atoms with E-state index in [0.717, 1.165) is 17.8 Å². The smallest absolute Gasteiger partial charge is 0.260 e. The van der Waals surface area contributed by atoms with E-state index in [0.29, 0.717) is 12.4 Å². The van der Waals surface area contributed by atoms with Crippen LogP contribution in [0.2, 0.25) is 0 Å². The Morgan fingerprint density at radius 1 is 1.16 bits per heavy atom. The van der Waals surface area contributed by atoms with Crippen molar-refractivity contribution in [1.82, 2.24) is 9.88 Å². The Hall–Kier alpha value is -4.07. The number of hydrogen-bond acceptors (Lipinski definition) is 4. The second kappa shape index (κ2) is 10.3. The first-order chi connectivity index (χ1) is 15.4. The van der Waals surface area contributed by atoms with Gasteiger partial charge in [-0.3, -0.25) is 14.4 Å². The molecule has 1 N–H and O–H groups in total. The summed E-state index contributed by atoms with van der Waals surface area (Å²) in [5.41, 5.74) is -0.338. The molecule has 0 radical (unpaired) electrons. The largest absolute Gasteiger partial charge is 0.483 e. The lowest BCUT2D eigenvalue weighted by Crippen LogP contribution is -2.35. The van der Waals surface area contributed by atoms with Crippen LogP contribution in [0.3, 0.4) is 0 Å². The van der Waals surface area contributed by atoms with Crippen molar-refractivity contribution < 1.29 is 23.1 Å². The molecular formula is C24H20F2N2O4. The van der Waals surface area contributed by atoms with Crippen LogP contribution in [0.15, 0.2) is 72.2 Å². The van der Waals surface area contributed by atoms with Gasteiger partial charge in [-0.05, 0) is 11.6 Å². The topological polar surface area (TPSA) is 79.5 Å². The minimum absolute atomic E-state index is 0.00469. The number of hydrogen-bond donors (Lipinski definition) is 1. The highest BCUT2D eigenvalue weighted by molar-refractivity contribution is 5.95. The van der Waals surface area contributed by atoms with Crippen molar-refractivity contribution in [3.8, 4) is 5.75 Å². The fraction of sp³-hybridized carbons (Fsp3) is 0.125. The van der Waals surface area contributed by atoms with Crippen LogP contribution in [-0.2, 0) is 13.2 Å². The Kier molecular flexibility index (Phi) is 7.28. The van der Waals surface area contributed by atoms with Gasteiger partial charge in [0.15, 0.2) is 12.0 Å². The van der Waals surface area contributed by atoms with Crippen LogP contribution >= 0.6 is 0 Å². The number of carbonyl (C=O) groups is 2. The van der Waals surface area contributed by atoms with E-state index < -0.39 is 23.0 Å². The van der Waals surface area contributed by atoms with Gasteiger partial charge in [0.25, 0.3) is 5.91 Å². The standard InChI is InChI=1S/C24H20F2N2O4/c1-2-10-28(13-17-8-9-18(25)11-20(17)26)24(31)19-12-27-21(14-29)23(22(19)30)32-15-16-6-4-3-5-7-16/h2-9,11-12,14H,1,10,13,15H2,(H,27,30). The van der Waals surface area contributed by atoms with Gasteiger partial charge in [-0.25, -0.2) is 8.78 Å². The minimum atomic E-state index is -0.816. The predicted molar refractivity (Wildman–Crippen MR) is 115 cm³/mol. The molecule has 8 heteroatoms. The number of amides is 1. The zero-order valence-electron chi connectivity index (χ0n) is 17.0. The molecule has 0 atom stereocenters. The molecule has 2 aromatic carbocycles. The summed E-state index contributed by atoms with van der Waals surface area (Å²) in [6.07, 6.45) is 2.95. The van der Waals surface area contributed by atoms with Gasteiger partial charge in [0.1, 0.15) is 29.5 Å². The summed E-state index contributed by atoms with van der Waals surface area (Å²) in [5.74, 6) is -2.57. The number of nitrogens with zero attached hydrogens (tertiary/aromatic N) is 1. The van der Waals surface area contributed by atoms with Crippen LogP contribution < -0.4 is 10.2 Å². The number of benzene rings is 2. The van der Waals surface area contributed by atoms with Crippen molar-refractivity contribution in [3.63, 3.8) is 0 Å². The van der Waals surface area contributed by atoms with E-state index in [1.807, 2.05) is 6.07 Å². The Bertz CT molecular complexity index is 1190. The van der Waals surface area contributed by atoms with E-state index >= 15 is 0 Å². The number of rotatable bonds is 9. The van der Waals surface area contributed by atoms with Crippen LogP contribution in [0.5, 0.6) is 5.75 Å². The van der Waals surface area contributed by atoms with E-state index in [-0.39, 0.29) is 42.3 Å². The molecule has 0 aliphatic carbocycles. The van der Waals surface area contributed by atoms with Gasteiger partial charge in [0.05, 0.1) is 0 Å². The van der Waals surface area contributed by atoms with Gasteiger partial charge in [0.2, 0.25) is 5.43 Å². The van der Waals surface area contributed by atoms with Crippen molar-refractivity contribution in [2.24, 2.45) is 0 Å². The number of H-pyrrole nitrogens is 1. The third-order valence-corrected chi connectivity index (χ3v) is 4.65. The average molecular weight is 438 g/mol. The SMILES string of the molecule is C=CCN(Cc1ccc(F)cc1F)C(=O)c1c[nH]c(C=O)c(OCc2ccccc2)c1=O. The Labute approximate surface area is 182 Å². The van der Waals surface area contributed by atoms with Crippen LogP contribution in [0, 0.1) is 11.6 Å². The number of nitrogens with one attached hydrogen (secondary N) is 1. The van der Waals surface area contributed by atoms with Crippen LogP contribution in [-0.4, -0.2) is 28.6 Å². The van der Waals surface area contributed by atoms with Crippen molar-refractivity contribution in [3.05, 3.63) is 112 Å². The lowest BCUT2D eigenvalue weighted by atomic mass is 10.1. The van der Waals surface area contributed by atoms with Gasteiger partial charge in [-0.2, -0.15) is 0 Å². The highest BCUT2D eigenvalue weighted by atomic mass is 19.1. The number of aromatic amines is 1. The number of ether oxygens (including phenoxy) is 1. The maximum atomic E-state index is 14.1. The molecule has 1 amide bonds. The average Bonchev–Trinajstić information content (AvgIpc) is 2.79. The van der Waals surface area contributed by atoms with E-state index in [2.05, 4.69) is 11.6 Å². The van der Waals surface area contributed by atoms with Crippen LogP contribution in [0.25, 0.3) is 0 Å². The molecule has 3 rings (SSSR count). The first kappa shape index (κ1) is 22.6. The number of aldehydes is 1. The molecule has 0 aliphatic heterocycles. The van der Waals surface area contributed by atoms with E-state index in [1.165, 1.54) is 17.0 Å². The second-order valence-electron chi connectivity index (χ2n) is 6.88. The molecule has 6 nitrogen and oxygen atoms in total. The van der Waals surface area contributed by atoms with Gasteiger partial charge in [-0.15, -0.1) is 6.58 Å². The third-order valence-electron chi connectivity index (χ3n) is 4.65. The van der Waals surface area contributed by atoms with Gasteiger partial charge < -0.3 is 14.6 Å². The summed E-state index contributed by atoms with van der Waals surface area (Å²) in [5, 5.41) is 0. The highest BCUT2D eigenvalue weighted by Crippen LogP contribution is 2.16. The Morgan fingerprint density at radius 3 is 2.56 bits per heavy atom. The van der Waals surface area contributed by atoms with Crippen molar-refractivity contribution in [2.75, 3.05) is 6.54 Å². The number of halogens is 2. The zero-order valence-corrected chi connectivity index (χ0v) is 17.0. The first-order valence-corrected chi connectivity index (χ1v) is 9.66. The summed E-state index contributed by atoms with van der Waals surface area (Å²) >= 11 is 0. The molecule has 32 heavy (non-hydrogen) atoms. The molecule has 164 valence electrons. The molecule has 0 saturated carbocycles. The quantitative estimate of drug-likeness (QED) is 0.406. The highest BCUT2D eigenvalue weighted by Gasteiger charge is 2.23. The molecule has 0 unspecified atom stereocenters. The molecule has 0 spiro atoms.